The zero-order chi connectivity index (χ0) is 10.1. The van der Waals surface area contributed by atoms with Gasteiger partial charge in [-0.3, -0.25) is 4.98 Å². The molecule has 0 aliphatic heterocycles. The van der Waals surface area contributed by atoms with Crippen molar-refractivity contribution in [2.24, 2.45) is 5.92 Å². The van der Waals surface area contributed by atoms with Crippen LogP contribution in [0, 0.1) is 12.8 Å². The quantitative estimate of drug-likeness (QED) is 0.770. The monoisotopic (exact) mass is 188 g/mol. The maximum absolute atomic E-state index is 4.47. The number of H-pyrrole nitrogens is 1. The van der Waals surface area contributed by atoms with Gasteiger partial charge >= 0.3 is 0 Å². The molecule has 0 saturated heterocycles. The molecule has 0 radical (unpaired) electrons. The highest BCUT2D eigenvalue weighted by Gasteiger charge is 2.03. The van der Waals surface area contributed by atoms with E-state index in [2.05, 4.69) is 35.9 Å². The SMILES string of the molecule is Cc1ccc2[nH]c(CC(C)C)cc2n1. The van der Waals surface area contributed by atoms with Crippen molar-refractivity contribution in [3.63, 3.8) is 0 Å². The maximum Gasteiger partial charge on any atom is 0.0884 e. The van der Waals surface area contributed by atoms with Crippen molar-refractivity contribution < 1.29 is 0 Å². The number of fused-ring (bicyclic) bond motifs is 1. The summed E-state index contributed by atoms with van der Waals surface area (Å²) in [7, 11) is 0. The number of pyridine rings is 1. The lowest BCUT2D eigenvalue weighted by atomic mass is 10.1. The minimum atomic E-state index is 0.684. The first-order chi connectivity index (χ1) is 6.65. The molecule has 1 N–H and O–H groups in total. The molecule has 0 aliphatic rings. The molecule has 2 rings (SSSR count). The second kappa shape index (κ2) is 3.45. The molecule has 14 heavy (non-hydrogen) atoms. The van der Waals surface area contributed by atoms with Gasteiger partial charge in [0.1, 0.15) is 0 Å². The summed E-state index contributed by atoms with van der Waals surface area (Å²) < 4.78 is 0. The second-order valence-electron chi connectivity index (χ2n) is 4.28. The first-order valence-electron chi connectivity index (χ1n) is 5.10. The van der Waals surface area contributed by atoms with E-state index in [1.54, 1.807) is 0 Å². The van der Waals surface area contributed by atoms with E-state index in [1.807, 2.05) is 13.0 Å². The van der Waals surface area contributed by atoms with Crippen LogP contribution in [0.2, 0.25) is 0 Å². The Labute approximate surface area is 84.4 Å². The van der Waals surface area contributed by atoms with Crippen molar-refractivity contribution in [3.8, 4) is 0 Å². The highest BCUT2D eigenvalue weighted by Crippen LogP contribution is 2.15. The smallest absolute Gasteiger partial charge is 0.0884 e. The fourth-order valence-corrected chi connectivity index (χ4v) is 1.72. The number of aromatic amines is 1. The Hall–Kier alpha value is -1.31. The predicted molar refractivity (Wildman–Crippen MR) is 59.4 cm³/mol. The van der Waals surface area contributed by atoms with E-state index in [0.29, 0.717) is 5.92 Å². The maximum atomic E-state index is 4.47. The number of hydrogen-bond donors (Lipinski definition) is 1. The van der Waals surface area contributed by atoms with Gasteiger partial charge in [0.05, 0.1) is 11.0 Å². The summed E-state index contributed by atoms with van der Waals surface area (Å²) in [6, 6.07) is 6.29. The molecule has 0 saturated carbocycles. The minimum Gasteiger partial charge on any atom is -0.357 e. The predicted octanol–water partition coefficient (Wildman–Crippen LogP) is 3.07. The highest BCUT2D eigenvalue weighted by molar-refractivity contribution is 5.76. The standard InChI is InChI=1S/C12H16N2/c1-8(2)6-10-7-12-11(14-10)5-4-9(3)13-12/h4-5,7-8,14H,6H2,1-3H3. The van der Waals surface area contributed by atoms with Gasteiger partial charge in [-0.25, -0.2) is 0 Å². The van der Waals surface area contributed by atoms with Gasteiger partial charge in [-0.2, -0.15) is 0 Å². The fourth-order valence-electron chi connectivity index (χ4n) is 1.72. The van der Waals surface area contributed by atoms with Crippen molar-refractivity contribution in [2.75, 3.05) is 0 Å². The normalized spacial score (nSPS) is 11.4. The summed E-state index contributed by atoms with van der Waals surface area (Å²) in [5.74, 6) is 0.684. The first-order valence-corrected chi connectivity index (χ1v) is 5.10. The van der Waals surface area contributed by atoms with Gasteiger partial charge in [0.25, 0.3) is 0 Å². The Kier molecular flexibility index (Phi) is 2.28. The number of aromatic nitrogens is 2. The summed E-state index contributed by atoms with van der Waals surface area (Å²) in [6.45, 7) is 6.48. The summed E-state index contributed by atoms with van der Waals surface area (Å²) in [6.07, 6.45) is 1.09. The Morgan fingerprint density at radius 2 is 2.14 bits per heavy atom. The molecule has 74 valence electrons. The minimum absolute atomic E-state index is 0.684. The van der Waals surface area contributed by atoms with Crippen LogP contribution in [0.1, 0.15) is 25.2 Å². The Bertz CT molecular complexity index is 441. The Balaban J connectivity index is 2.41. The molecular formula is C12H16N2. The zero-order valence-electron chi connectivity index (χ0n) is 8.96. The third kappa shape index (κ3) is 1.79. The Morgan fingerprint density at radius 1 is 1.36 bits per heavy atom. The highest BCUT2D eigenvalue weighted by atomic mass is 14.8. The van der Waals surface area contributed by atoms with Crippen LogP contribution in [0.25, 0.3) is 11.0 Å². The largest absolute Gasteiger partial charge is 0.357 e. The van der Waals surface area contributed by atoms with E-state index in [1.165, 1.54) is 5.69 Å². The average Bonchev–Trinajstić information content (AvgIpc) is 2.44. The van der Waals surface area contributed by atoms with Gasteiger partial charge in [0.2, 0.25) is 0 Å². The third-order valence-corrected chi connectivity index (χ3v) is 2.30. The van der Waals surface area contributed by atoms with Crippen molar-refractivity contribution in [1.29, 1.82) is 0 Å². The van der Waals surface area contributed by atoms with E-state index >= 15 is 0 Å². The number of rotatable bonds is 2. The van der Waals surface area contributed by atoms with Crippen molar-refractivity contribution in [2.45, 2.75) is 27.2 Å². The van der Waals surface area contributed by atoms with Gasteiger partial charge in [-0.05, 0) is 37.5 Å². The van der Waals surface area contributed by atoms with Gasteiger partial charge in [0.15, 0.2) is 0 Å². The fraction of sp³-hybridized carbons (Fsp3) is 0.417. The molecule has 0 aliphatic carbocycles. The van der Waals surface area contributed by atoms with Gasteiger partial charge in [0, 0.05) is 11.4 Å². The van der Waals surface area contributed by atoms with Gasteiger partial charge < -0.3 is 4.98 Å². The van der Waals surface area contributed by atoms with E-state index in [0.717, 1.165) is 23.1 Å². The average molecular weight is 188 g/mol. The van der Waals surface area contributed by atoms with Crippen LogP contribution in [0.4, 0.5) is 0 Å². The molecule has 0 amide bonds. The van der Waals surface area contributed by atoms with Crippen LogP contribution in [-0.2, 0) is 6.42 Å². The molecule has 2 aromatic rings. The van der Waals surface area contributed by atoms with E-state index < -0.39 is 0 Å². The van der Waals surface area contributed by atoms with Crippen LogP contribution < -0.4 is 0 Å². The zero-order valence-corrected chi connectivity index (χ0v) is 8.96. The molecule has 0 spiro atoms. The van der Waals surface area contributed by atoms with Crippen molar-refractivity contribution in [1.82, 2.24) is 9.97 Å². The summed E-state index contributed by atoms with van der Waals surface area (Å²) in [5, 5.41) is 0. The lowest BCUT2D eigenvalue weighted by Crippen LogP contribution is -1.93. The summed E-state index contributed by atoms with van der Waals surface area (Å²) in [5.41, 5.74) is 4.59. The second-order valence-corrected chi connectivity index (χ2v) is 4.28. The topological polar surface area (TPSA) is 28.7 Å². The summed E-state index contributed by atoms with van der Waals surface area (Å²) in [4.78, 5) is 7.86. The van der Waals surface area contributed by atoms with Gasteiger partial charge in [-0.1, -0.05) is 13.8 Å². The molecule has 0 atom stereocenters. The molecule has 2 aromatic heterocycles. The molecule has 0 aromatic carbocycles. The number of hydrogen-bond acceptors (Lipinski definition) is 1. The molecule has 0 fully saturated rings. The molecule has 0 bridgehead atoms. The van der Waals surface area contributed by atoms with Crippen LogP contribution in [0.15, 0.2) is 18.2 Å². The molecular weight excluding hydrogens is 172 g/mol. The van der Waals surface area contributed by atoms with E-state index in [9.17, 15) is 0 Å². The van der Waals surface area contributed by atoms with Crippen molar-refractivity contribution in [3.05, 3.63) is 29.6 Å². The van der Waals surface area contributed by atoms with Crippen LogP contribution in [-0.4, -0.2) is 9.97 Å². The lowest BCUT2D eigenvalue weighted by molar-refractivity contribution is 0.638. The number of aryl methyl sites for hydroxylation is 1. The molecule has 2 heteroatoms. The van der Waals surface area contributed by atoms with Gasteiger partial charge in [-0.15, -0.1) is 0 Å². The first kappa shape index (κ1) is 9.25. The van der Waals surface area contributed by atoms with E-state index in [-0.39, 0.29) is 0 Å². The van der Waals surface area contributed by atoms with Crippen LogP contribution in [0.5, 0.6) is 0 Å². The third-order valence-electron chi connectivity index (χ3n) is 2.30. The Morgan fingerprint density at radius 3 is 2.86 bits per heavy atom. The van der Waals surface area contributed by atoms with Crippen LogP contribution >= 0.6 is 0 Å². The van der Waals surface area contributed by atoms with Crippen molar-refractivity contribution >= 4 is 11.0 Å². The summed E-state index contributed by atoms with van der Waals surface area (Å²) >= 11 is 0. The lowest BCUT2D eigenvalue weighted by Gasteiger charge is -1.99. The van der Waals surface area contributed by atoms with E-state index in [4.69, 9.17) is 0 Å². The number of nitrogens with zero attached hydrogens (tertiary/aromatic N) is 1. The molecule has 2 nitrogen and oxygen atoms in total. The number of nitrogens with one attached hydrogen (secondary N) is 1. The van der Waals surface area contributed by atoms with Crippen LogP contribution in [0.3, 0.4) is 0 Å². The molecule has 2 heterocycles. The molecule has 0 unspecified atom stereocenters.